The van der Waals surface area contributed by atoms with E-state index in [0.717, 1.165) is 0 Å². The van der Waals surface area contributed by atoms with Gasteiger partial charge in [-0.1, -0.05) is 0 Å². The van der Waals surface area contributed by atoms with Gasteiger partial charge in [-0.3, -0.25) is 9.59 Å². The minimum Gasteiger partial charge on any atom is -0.461 e. The summed E-state index contributed by atoms with van der Waals surface area (Å²) in [6.07, 6.45) is 0.728. The Bertz CT molecular complexity index is 621. The van der Waals surface area contributed by atoms with Crippen molar-refractivity contribution in [2.45, 2.75) is 44.9 Å². The minimum absolute atomic E-state index is 0.0968. The van der Waals surface area contributed by atoms with E-state index in [-0.39, 0.29) is 18.7 Å². The molecule has 0 aliphatic heterocycles. The number of nitrogens with one attached hydrogen (secondary N) is 1. The normalized spacial score (nSPS) is 12.8. The van der Waals surface area contributed by atoms with Crippen molar-refractivity contribution in [1.29, 1.82) is 0 Å². The lowest BCUT2D eigenvalue weighted by atomic mass is 10.1. The van der Waals surface area contributed by atoms with E-state index in [1.54, 1.807) is 13.8 Å². The van der Waals surface area contributed by atoms with E-state index in [9.17, 15) is 19.5 Å². The van der Waals surface area contributed by atoms with Gasteiger partial charge in [0.2, 0.25) is 17.8 Å². The highest BCUT2D eigenvalue weighted by Gasteiger charge is 2.29. The van der Waals surface area contributed by atoms with Crippen molar-refractivity contribution in [2.24, 2.45) is 0 Å². The maximum Gasteiger partial charge on any atom is 0.328 e. The number of hydrogen-bond donors (Lipinski definition) is 2. The van der Waals surface area contributed by atoms with Crippen LogP contribution < -0.4 is 5.32 Å². The second-order valence-corrected chi connectivity index (χ2v) is 5.07. The molecule has 1 heterocycles. The number of amides is 1. The molecule has 10 heteroatoms. The van der Waals surface area contributed by atoms with E-state index in [1.807, 2.05) is 0 Å². The van der Waals surface area contributed by atoms with Gasteiger partial charge >= 0.3 is 12.2 Å². The van der Waals surface area contributed by atoms with Crippen LogP contribution in [-0.4, -0.2) is 50.9 Å². The molecule has 24 heavy (non-hydrogen) atoms. The summed E-state index contributed by atoms with van der Waals surface area (Å²) < 4.78 is 9.82. The Morgan fingerprint density at radius 1 is 1.50 bits per heavy atom. The zero-order chi connectivity index (χ0) is 18.1. The van der Waals surface area contributed by atoms with Gasteiger partial charge in [0, 0.05) is 6.42 Å². The van der Waals surface area contributed by atoms with Crippen LogP contribution in [0.15, 0.2) is 16.9 Å². The molecule has 2 atom stereocenters. The summed E-state index contributed by atoms with van der Waals surface area (Å²) >= 11 is 0. The molecule has 1 aromatic heterocycles. The number of aromatic nitrogens is 1. The molecule has 0 aliphatic carbocycles. The fraction of sp³-hybridized carbons (Fsp3) is 0.500. The van der Waals surface area contributed by atoms with Gasteiger partial charge in [-0.25, -0.2) is 9.78 Å². The molecule has 0 saturated heterocycles. The maximum absolute atomic E-state index is 12.0. The quantitative estimate of drug-likeness (QED) is 0.273. The number of aliphatic hydroxyl groups is 1. The van der Waals surface area contributed by atoms with Gasteiger partial charge in [0.15, 0.2) is 0 Å². The molecule has 130 valence electrons. The smallest absolute Gasteiger partial charge is 0.328 e. The zero-order valence-electron chi connectivity index (χ0n) is 13.2. The van der Waals surface area contributed by atoms with Crippen LogP contribution in [0.4, 0.5) is 0 Å². The molecular formula is C14H18N4O6. The van der Waals surface area contributed by atoms with Crippen LogP contribution >= 0.6 is 0 Å². The van der Waals surface area contributed by atoms with Gasteiger partial charge in [0.25, 0.3) is 5.91 Å². The molecule has 10 nitrogen and oxygen atoms in total. The van der Waals surface area contributed by atoms with Crippen molar-refractivity contribution in [3.05, 3.63) is 23.9 Å². The third kappa shape index (κ3) is 6.11. The van der Waals surface area contributed by atoms with Crippen molar-refractivity contribution in [1.82, 2.24) is 10.3 Å². The molecule has 2 N–H and O–H groups in total. The first-order chi connectivity index (χ1) is 11.3. The lowest BCUT2D eigenvalue weighted by Gasteiger charge is -2.19. The van der Waals surface area contributed by atoms with Gasteiger partial charge in [0.05, 0.1) is 12.3 Å². The first-order valence-electron chi connectivity index (χ1n) is 7.13. The first-order valence-corrected chi connectivity index (χ1v) is 7.13. The van der Waals surface area contributed by atoms with E-state index >= 15 is 0 Å². The van der Waals surface area contributed by atoms with Crippen LogP contribution in [0.2, 0.25) is 0 Å². The highest BCUT2D eigenvalue weighted by Crippen LogP contribution is 2.11. The summed E-state index contributed by atoms with van der Waals surface area (Å²) in [4.78, 5) is 41.6. The molecule has 0 fully saturated rings. The Labute approximate surface area is 137 Å². The second-order valence-electron chi connectivity index (χ2n) is 5.07. The second kappa shape index (κ2) is 9.33. The van der Waals surface area contributed by atoms with Crippen molar-refractivity contribution < 1.29 is 33.4 Å². The standard InChI is InChI=1S/C14H18N4O6/c1-8(2)24-14(22)10(4-3-9(19)7-17-15)18-12(21)11(20)13-16-5-6-23-13/h5-8,10-11,20H,3-4H2,1-2H3,(H,18,21)/t10-,11-/m0/s1. The van der Waals surface area contributed by atoms with Gasteiger partial charge in [-0.05, 0) is 20.3 Å². The predicted molar refractivity (Wildman–Crippen MR) is 78.5 cm³/mol. The SMILES string of the molecule is CC(C)OC(=O)[C@H](CCC(=O)C=[N+]=[N-])NC(=O)[C@H](O)c1ncco1. The zero-order valence-corrected chi connectivity index (χ0v) is 13.2. The lowest BCUT2D eigenvalue weighted by Crippen LogP contribution is -2.44. The summed E-state index contributed by atoms with van der Waals surface area (Å²) in [5.74, 6) is -2.45. The minimum atomic E-state index is -1.70. The highest BCUT2D eigenvalue weighted by atomic mass is 16.5. The number of ether oxygens (including phenoxy) is 1. The largest absolute Gasteiger partial charge is 0.461 e. The number of carbonyl (C=O) groups excluding carboxylic acids is 3. The molecule has 0 unspecified atom stereocenters. The summed E-state index contributed by atoms with van der Waals surface area (Å²) in [6, 6.07) is -1.17. The highest BCUT2D eigenvalue weighted by molar-refractivity contribution is 6.25. The summed E-state index contributed by atoms with van der Waals surface area (Å²) in [7, 11) is 0. The van der Waals surface area contributed by atoms with Crippen LogP contribution in [0.1, 0.15) is 38.7 Å². The number of nitrogens with zero attached hydrogens (tertiary/aromatic N) is 3. The Hall–Kier alpha value is -2.84. The third-order valence-corrected chi connectivity index (χ3v) is 2.77. The number of hydrogen-bond acceptors (Lipinski definition) is 7. The Kier molecular flexibility index (Phi) is 7.47. The molecule has 0 saturated carbocycles. The molecule has 1 amide bonds. The van der Waals surface area contributed by atoms with Crippen LogP contribution in [0.3, 0.4) is 0 Å². The number of oxazole rings is 1. The number of carbonyl (C=O) groups is 3. The van der Waals surface area contributed by atoms with Gasteiger partial charge in [-0.15, -0.1) is 0 Å². The van der Waals surface area contributed by atoms with Crippen LogP contribution in [0.5, 0.6) is 0 Å². The summed E-state index contributed by atoms with van der Waals surface area (Å²) in [5, 5.41) is 12.1. The van der Waals surface area contributed by atoms with Crippen LogP contribution in [-0.2, 0) is 19.1 Å². The van der Waals surface area contributed by atoms with E-state index in [2.05, 4.69) is 15.1 Å². The fourth-order valence-electron chi connectivity index (χ4n) is 1.71. The molecule has 0 spiro atoms. The lowest BCUT2D eigenvalue weighted by molar-refractivity contribution is -0.152. The molecule has 1 aromatic rings. The summed E-state index contributed by atoms with van der Waals surface area (Å²) in [6.45, 7) is 3.25. The van der Waals surface area contributed by atoms with Crippen LogP contribution in [0.25, 0.3) is 5.53 Å². The van der Waals surface area contributed by atoms with Crippen molar-refractivity contribution in [2.75, 3.05) is 0 Å². The number of ketones is 1. The molecule has 0 aliphatic rings. The van der Waals surface area contributed by atoms with Gasteiger partial charge < -0.3 is 25.1 Å². The number of aliphatic hydroxyl groups excluding tert-OH is 1. The molecule has 0 bridgehead atoms. The van der Waals surface area contributed by atoms with E-state index in [4.69, 9.17) is 14.7 Å². The fourth-order valence-corrected chi connectivity index (χ4v) is 1.71. The maximum atomic E-state index is 12.0. The molecular weight excluding hydrogens is 320 g/mol. The number of esters is 1. The monoisotopic (exact) mass is 338 g/mol. The van der Waals surface area contributed by atoms with E-state index in [1.165, 1.54) is 12.5 Å². The number of rotatable bonds is 9. The topological polar surface area (TPSA) is 155 Å². The molecule has 1 rings (SSSR count). The Morgan fingerprint density at radius 3 is 2.75 bits per heavy atom. The number of Topliss-reactive ketones (excluding diaryl/α,β-unsaturated/α-hetero) is 1. The Balaban J connectivity index is 2.76. The van der Waals surface area contributed by atoms with Gasteiger partial charge in [0.1, 0.15) is 12.3 Å². The third-order valence-electron chi connectivity index (χ3n) is 2.77. The molecule has 0 radical (unpaired) electrons. The van der Waals surface area contributed by atoms with E-state index < -0.39 is 35.9 Å². The summed E-state index contributed by atoms with van der Waals surface area (Å²) in [5.41, 5.74) is 8.29. The predicted octanol–water partition coefficient (Wildman–Crippen LogP) is -0.206. The first kappa shape index (κ1) is 19.2. The van der Waals surface area contributed by atoms with Crippen molar-refractivity contribution in [3.8, 4) is 0 Å². The van der Waals surface area contributed by atoms with Crippen molar-refractivity contribution in [3.63, 3.8) is 0 Å². The van der Waals surface area contributed by atoms with Crippen LogP contribution in [0, 0.1) is 0 Å². The van der Waals surface area contributed by atoms with Gasteiger partial charge in [-0.2, -0.15) is 4.79 Å². The average Bonchev–Trinajstić information content (AvgIpc) is 3.04. The van der Waals surface area contributed by atoms with E-state index in [0.29, 0.717) is 6.21 Å². The Morgan fingerprint density at radius 2 is 2.21 bits per heavy atom. The average molecular weight is 338 g/mol. The van der Waals surface area contributed by atoms with Crippen molar-refractivity contribution >= 4 is 23.9 Å². The molecule has 0 aromatic carbocycles.